The van der Waals surface area contributed by atoms with Crippen molar-refractivity contribution >= 4 is 17.3 Å². The first kappa shape index (κ1) is 19.2. The van der Waals surface area contributed by atoms with Crippen molar-refractivity contribution in [2.45, 2.75) is 12.4 Å². The lowest BCUT2D eigenvalue weighted by atomic mass is 10.1. The topological polar surface area (TPSA) is 72.2 Å². The molecular formula is C15H8F6N2O3. The summed E-state index contributed by atoms with van der Waals surface area (Å²) in [6.45, 7) is 0. The molecule has 2 aromatic carbocycles. The molecule has 0 saturated carbocycles. The third-order valence-electron chi connectivity index (χ3n) is 3.21. The van der Waals surface area contributed by atoms with Crippen molar-refractivity contribution in [2.24, 2.45) is 0 Å². The van der Waals surface area contributed by atoms with Crippen LogP contribution in [0.5, 0.6) is 0 Å². The van der Waals surface area contributed by atoms with E-state index in [0.717, 1.165) is 24.3 Å². The number of rotatable bonds is 3. The van der Waals surface area contributed by atoms with Crippen molar-refractivity contribution in [1.82, 2.24) is 0 Å². The number of nitrogens with one attached hydrogen (secondary N) is 1. The smallest absolute Gasteiger partial charge is 0.322 e. The highest BCUT2D eigenvalue weighted by molar-refractivity contribution is 6.04. The number of benzene rings is 2. The molecule has 0 heterocycles. The maximum Gasteiger partial charge on any atom is 0.423 e. The van der Waals surface area contributed by atoms with E-state index < -0.39 is 45.6 Å². The van der Waals surface area contributed by atoms with E-state index in [4.69, 9.17) is 0 Å². The molecule has 2 aromatic rings. The summed E-state index contributed by atoms with van der Waals surface area (Å²) >= 11 is 0. The second-order valence-electron chi connectivity index (χ2n) is 5.02. The van der Waals surface area contributed by atoms with Gasteiger partial charge in [0.05, 0.1) is 10.5 Å². The predicted octanol–water partition coefficient (Wildman–Crippen LogP) is 4.88. The third kappa shape index (κ3) is 4.29. The number of halogens is 6. The van der Waals surface area contributed by atoms with Crippen molar-refractivity contribution in [3.8, 4) is 0 Å². The Hall–Kier alpha value is -3.11. The number of hydrogen-bond donors (Lipinski definition) is 1. The van der Waals surface area contributed by atoms with Gasteiger partial charge >= 0.3 is 12.4 Å². The molecule has 0 spiro atoms. The predicted molar refractivity (Wildman–Crippen MR) is 77.5 cm³/mol. The Morgan fingerprint density at radius 2 is 1.62 bits per heavy atom. The SMILES string of the molecule is O=C(Nc1cccc(C(F)(F)F)c1)c1ccc([N+](=O)[O-])c(C(F)(F)F)c1. The van der Waals surface area contributed by atoms with Gasteiger partial charge in [-0.25, -0.2) is 0 Å². The van der Waals surface area contributed by atoms with Crippen molar-refractivity contribution in [1.29, 1.82) is 0 Å². The van der Waals surface area contributed by atoms with Gasteiger partial charge in [0.1, 0.15) is 5.56 Å². The van der Waals surface area contributed by atoms with Crippen LogP contribution in [0.4, 0.5) is 37.7 Å². The molecule has 0 saturated heterocycles. The summed E-state index contributed by atoms with van der Waals surface area (Å²) in [5, 5.41) is 12.7. The molecule has 0 aliphatic heterocycles. The van der Waals surface area contributed by atoms with Gasteiger partial charge in [0.2, 0.25) is 0 Å². The summed E-state index contributed by atoms with van der Waals surface area (Å²) in [5.74, 6) is -1.15. The summed E-state index contributed by atoms with van der Waals surface area (Å²) < 4.78 is 76.6. The zero-order chi connectivity index (χ0) is 19.7. The lowest BCUT2D eigenvalue weighted by Crippen LogP contribution is -2.16. The molecule has 0 radical (unpaired) electrons. The molecular weight excluding hydrogens is 370 g/mol. The number of nitro benzene ring substituents is 1. The Balaban J connectivity index is 2.35. The monoisotopic (exact) mass is 378 g/mol. The fourth-order valence-electron chi connectivity index (χ4n) is 2.04. The standard InChI is InChI=1S/C15H8F6N2O3/c16-14(17,18)9-2-1-3-10(7-9)22-13(24)8-4-5-12(23(25)26)11(6-8)15(19,20)21/h1-7H,(H,22,24). The molecule has 1 amide bonds. The molecule has 5 nitrogen and oxygen atoms in total. The Morgan fingerprint density at radius 1 is 0.962 bits per heavy atom. The molecule has 0 unspecified atom stereocenters. The first-order chi connectivity index (χ1) is 11.9. The second-order valence-corrected chi connectivity index (χ2v) is 5.02. The highest BCUT2D eigenvalue weighted by Gasteiger charge is 2.39. The van der Waals surface area contributed by atoms with Gasteiger partial charge in [-0.15, -0.1) is 0 Å². The van der Waals surface area contributed by atoms with Crippen molar-refractivity contribution in [3.05, 3.63) is 69.3 Å². The van der Waals surface area contributed by atoms with Crippen LogP contribution < -0.4 is 5.32 Å². The molecule has 26 heavy (non-hydrogen) atoms. The minimum Gasteiger partial charge on any atom is -0.322 e. The van der Waals surface area contributed by atoms with Gasteiger partial charge in [0.25, 0.3) is 11.6 Å². The zero-order valence-corrected chi connectivity index (χ0v) is 12.5. The highest BCUT2D eigenvalue weighted by atomic mass is 19.4. The molecule has 1 N–H and O–H groups in total. The van der Waals surface area contributed by atoms with Crippen molar-refractivity contribution < 1.29 is 36.1 Å². The van der Waals surface area contributed by atoms with Crippen LogP contribution in [0, 0.1) is 10.1 Å². The highest BCUT2D eigenvalue weighted by Crippen LogP contribution is 2.36. The minimum absolute atomic E-state index is 0.265. The van der Waals surface area contributed by atoms with E-state index in [-0.39, 0.29) is 11.8 Å². The molecule has 0 aromatic heterocycles. The number of hydrogen-bond acceptors (Lipinski definition) is 3. The lowest BCUT2D eigenvalue weighted by molar-refractivity contribution is -0.388. The maximum absolute atomic E-state index is 12.9. The van der Waals surface area contributed by atoms with Crippen LogP contribution in [0.25, 0.3) is 0 Å². The average Bonchev–Trinajstić information content (AvgIpc) is 2.52. The Bertz CT molecular complexity index is 861. The van der Waals surface area contributed by atoms with E-state index in [1.807, 2.05) is 5.32 Å². The van der Waals surface area contributed by atoms with Crippen LogP contribution in [-0.4, -0.2) is 10.8 Å². The van der Waals surface area contributed by atoms with Gasteiger partial charge in [-0.3, -0.25) is 14.9 Å². The molecule has 0 bridgehead atoms. The van der Waals surface area contributed by atoms with Crippen molar-refractivity contribution in [3.63, 3.8) is 0 Å². The van der Waals surface area contributed by atoms with E-state index in [1.165, 1.54) is 0 Å². The fraction of sp³-hybridized carbons (Fsp3) is 0.133. The zero-order valence-electron chi connectivity index (χ0n) is 12.5. The van der Waals surface area contributed by atoms with Gasteiger partial charge in [0.15, 0.2) is 0 Å². The quantitative estimate of drug-likeness (QED) is 0.470. The molecule has 138 valence electrons. The molecule has 11 heteroatoms. The second kappa shape index (κ2) is 6.65. The number of amides is 1. The summed E-state index contributed by atoms with van der Waals surface area (Å²) in [5.41, 5.74) is -4.83. The lowest BCUT2D eigenvalue weighted by Gasteiger charge is -2.11. The molecule has 0 fully saturated rings. The van der Waals surface area contributed by atoms with Gasteiger partial charge in [0, 0.05) is 17.3 Å². The van der Waals surface area contributed by atoms with Crippen LogP contribution in [0.15, 0.2) is 42.5 Å². The van der Waals surface area contributed by atoms with Gasteiger partial charge in [-0.1, -0.05) is 6.07 Å². The van der Waals surface area contributed by atoms with Gasteiger partial charge < -0.3 is 5.32 Å². The number of nitro groups is 1. The Morgan fingerprint density at radius 3 is 2.15 bits per heavy atom. The third-order valence-corrected chi connectivity index (χ3v) is 3.21. The number of alkyl halides is 6. The van der Waals surface area contributed by atoms with E-state index in [0.29, 0.717) is 12.1 Å². The molecule has 0 atom stereocenters. The Labute approximate surface area is 141 Å². The van der Waals surface area contributed by atoms with Gasteiger partial charge in [-0.05, 0) is 30.3 Å². The first-order valence-electron chi connectivity index (χ1n) is 6.74. The summed E-state index contributed by atoms with van der Waals surface area (Å²) in [4.78, 5) is 21.4. The van der Waals surface area contributed by atoms with E-state index in [9.17, 15) is 41.3 Å². The van der Waals surface area contributed by atoms with Crippen LogP contribution in [0.3, 0.4) is 0 Å². The van der Waals surface area contributed by atoms with E-state index in [2.05, 4.69) is 0 Å². The minimum atomic E-state index is -5.09. The maximum atomic E-state index is 12.9. The average molecular weight is 378 g/mol. The van der Waals surface area contributed by atoms with Crippen LogP contribution in [0.1, 0.15) is 21.5 Å². The number of nitrogens with zero attached hydrogens (tertiary/aromatic N) is 1. The largest absolute Gasteiger partial charge is 0.423 e. The number of anilines is 1. The number of carbonyl (C=O) groups excluding carboxylic acids is 1. The summed E-state index contributed by atoms with van der Waals surface area (Å²) in [7, 11) is 0. The van der Waals surface area contributed by atoms with E-state index in [1.54, 1.807) is 0 Å². The molecule has 0 aliphatic carbocycles. The van der Waals surface area contributed by atoms with Crippen LogP contribution >= 0.6 is 0 Å². The first-order valence-corrected chi connectivity index (χ1v) is 6.74. The fourth-order valence-corrected chi connectivity index (χ4v) is 2.04. The molecule has 2 rings (SSSR count). The van der Waals surface area contributed by atoms with Crippen LogP contribution in [0.2, 0.25) is 0 Å². The summed E-state index contributed by atoms with van der Waals surface area (Å²) in [6, 6.07) is 5.02. The normalized spacial score (nSPS) is 11.9. The molecule has 0 aliphatic rings. The Kier molecular flexibility index (Phi) is 4.92. The number of carbonyl (C=O) groups is 1. The summed E-state index contributed by atoms with van der Waals surface area (Å²) in [6.07, 6.45) is -9.76. The van der Waals surface area contributed by atoms with Crippen LogP contribution in [-0.2, 0) is 12.4 Å². The van der Waals surface area contributed by atoms with E-state index >= 15 is 0 Å². The van der Waals surface area contributed by atoms with Gasteiger partial charge in [-0.2, -0.15) is 26.3 Å². The van der Waals surface area contributed by atoms with Crippen molar-refractivity contribution in [2.75, 3.05) is 5.32 Å².